The summed E-state index contributed by atoms with van der Waals surface area (Å²) in [4.78, 5) is 28.6. The Kier molecular flexibility index (Phi) is 6.08. The Balaban J connectivity index is 1.86. The average Bonchev–Trinajstić information content (AvgIpc) is 3.00. The smallest absolute Gasteiger partial charge is 0.311 e. The standard InChI is InChI=1S/C16H24N4O4/c1-11(2)9-19(3)16(21)12-7-13(24-10-12)8-18-15-14(20(22)23)5-4-6-17-15/h4-6,11-13H,7-10H2,1-3H3,(H,17,18)/t12-,13-/m0/s1. The molecule has 0 aromatic carbocycles. The number of anilines is 1. The SMILES string of the molecule is CC(C)CN(C)C(=O)[C@@H]1CO[C@H](CNc2ncccc2[N+](=O)[O-])C1. The summed E-state index contributed by atoms with van der Waals surface area (Å²) in [6.45, 7) is 5.63. The largest absolute Gasteiger partial charge is 0.376 e. The Labute approximate surface area is 141 Å². The van der Waals surface area contributed by atoms with E-state index in [0.717, 1.165) is 6.54 Å². The van der Waals surface area contributed by atoms with Crippen LogP contribution in [0.25, 0.3) is 0 Å². The number of carbonyl (C=O) groups is 1. The number of hydrogen-bond acceptors (Lipinski definition) is 6. The first-order valence-electron chi connectivity index (χ1n) is 8.08. The predicted molar refractivity (Wildman–Crippen MR) is 89.7 cm³/mol. The maximum atomic E-state index is 12.4. The Morgan fingerprint density at radius 1 is 1.58 bits per heavy atom. The summed E-state index contributed by atoms with van der Waals surface area (Å²) in [5, 5.41) is 13.9. The van der Waals surface area contributed by atoms with E-state index < -0.39 is 4.92 Å². The minimum atomic E-state index is -0.474. The molecule has 8 heteroatoms. The zero-order valence-electron chi connectivity index (χ0n) is 14.3. The molecule has 1 N–H and O–H groups in total. The van der Waals surface area contributed by atoms with E-state index in [9.17, 15) is 14.9 Å². The van der Waals surface area contributed by atoms with Crippen LogP contribution in [0.2, 0.25) is 0 Å². The molecule has 0 radical (unpaired) electrons. The zero-order valence-corrected chi connectivity index (χ0v) is 14.3. The number of ether oxygens (including phenoxy) is 1. The van der Waals surface area contributed by atoms with Crippen molar-refractivity contribution in [3.8, 4) is 0 Å². The van der Waals surface area contributed by atoms with Gasteiger partial charge in [-0.1, -0.05) is 13.8 Å². The summed E-state index contributed by atoms with van der Waals surface area (Å²) in [5.41, 5.74) is -0.0696. The molecule has 1 aliphatic heterocycles. The molecule has 1 aromatic heterocycles. The van der Waals surface area contributed by atoms with Gasteiger partial charge >= 0.3 is 5.69 Å². The third-order valence-electron chi connectivity index (χ3n) is 3.93. The molecule has 1 fully saturated rings. The molecule has 0 unspecified atom stereocenters. The summed E-state index contributed by atoms with van der Waals surface area (Å²) >= 11 is 0. The average molecular weight is 336 g/mol. The lowest BCUT2D eigenvalue weighted by Gasteiger charge is -2.22. The topological polar surface area (TPSA) is 97.6 Å². The van der Waals surface area contributed by atoms with E-state index in [1.165, 1.54) is 18.3 Å². The predicted octanol–water partition coefficient (Wildman–Crippen LogP) is 1.92. The van der Waals surface area contributed by atoms with Crippen LogP contribution >= 0.6 is 0 Å². The van der Waals surface area contributed by atoms with Crippen LogP contribution in [0, 0.1) is 22.0 Å². The molecule has 0 aliphatic carbocycles. The lowest BCUT2D eigenvalue weighted by molar-refractivity contribution is -0.384. The van der Waals surface area contributed by atoms with Gasteiger partial charge in [0.25, 0.3) is 0 Å². The van der Waals surface area contributed by atoms with Gasteiger partial charge in [-0.15, -0.1) is 0 Å². The van der Waals surface area contributed by atoms with Crippen LogP contribution in [0.15, 0.2) is 18.3 Å². The number of hydrogen-bond donors (Lipinski definition) is 1. The molecule has 1 aromatic rings. The summed E-state index contributed by atoms with van der Waals surface area (Å²) in [5.74, 6) is 0.579. The quantitative estimate of drug-likeness (QED) is 0.603. The Morgan fingerprint density at radius 2 is 2.33 bits per heavy atom. The fourth-order valence-corrected chi connectivity index (χ4v) is 2.86. The second kappa shape index (κ2) is 8.05. The van der Waals surface area contributed by atoms with E-state index in [4.69, 9.17) is 4.74 Å². The number of carbonyl (C=O) groups excluding carboxylic acids is 1. The highest BCUT2D eigenvalue weighted by Gasteiger charge is 2.32. The highest BCUT2D eigenvalue weighted by atomic mass is 16.6. The molecule has 2 atom stereocenters. The van der Waals surface area contributed by atoms with Crippen LogP contribution in [0.4, 0.5) is 11.5 Å². The summed E-state index contributed by atoms with van der Waals surface area (Å²) in [6.07, 6.45) is 1.94. The number of rotatable bonds is 7. The third-order valence-corrected chi connectivity index (χ3v) is 3.93. The van der Waals surface area contributed by atoms with Crippen molar-refractivity contribution in [2.24, 2.45) is 11.8 Å². The van der Waals surface area contributed by atoms with Crippen molar-refractivity contribution < 1.29 is 14.5 Å². The zero-order chi connectivity index (χ0) is 17.7. The molecule has 0 spiro atoms. The minimum Gasteiger partial charge on any atom is -0.376 e. The van der Waals surface area contributed by atoms with Gasteiger partial charge in [-0.05, 0) is 18.4 Å². The first-order valence-corrected chi connectivity index (χ1v) is 8.08. The molecular weight excluding hydrogens is 312 g/mol. The van der Waals surface area contributed by atoms with Crippen molar-refractivity contribution in [1.29, 1.82) is 0 Å². The molecule has 1 saturated heterocycles. The fraction of sp³-hybridized carbons (Fsp3) is 0.625. The molecule has 2 heterocycles. The molecule has 2 rings (SSSR count). The maximum absolute atomic E-state index is 12.4. The monoisotopic (exact) mass is 336 g/mol. The van der Waals surface area contributed by atoms with Crippen molar-refractivity contribution in [1.82, 2.24) is 9.88 Å². The minimum absolute atomic E-state index is 0.0696. The Hall–Kier alpha value is -2.22. The number of aromatic nitrogens is 1. The van der Waals surface area contributed by atoms with E-state index in [2.05, 4.69) is 24.1 Å². The molecule has 8 nitrogen and oxygen atoms in total. The highest BCUT2D eigenvalue weighted by Crippen LogP contribution is 2.24. The van der Waals surface area contributed by atoms with Gasteiger partial charge in [0.1, 0.15) is 0 Å². The summed E-state index contributed by atoms with van der Waals surface area (Å²) < 4.78 is 5.66. The highest BCUT2D eigenvalue weighted by molar-refractivity contribution is 5.79. The number of nitrogens with one attached hydrogen (secondary N) is 1. The van der Waals surface area contributed by atoms with Gasteiger partial charge in [-0.2, -0.15) is 0 Å². The van der Waals surface area contributed by atoms with E-state index >= 15 is 0 Å². The summed E-state index contributed by atoms with van der Waals surface area (Å²) in [7, 11) is 1.81. The van der Waals surface area contributed by atoms with Crippen LogP contribution in [0.5, 0.6) is 0 Å². The van der Waals surface area contributed by atoms with Crippen molar-refractivity contribution in [2.75, 3.05) is 32.1 Å². The summed E-state index contributed by atoms with van der Waals surface area (Å²) in [6, 6.07) is 2.92. The molecule has 0 saturated carbocycles. The van der Waals surface area contributed by atoms with Crippen LogP contribution in [-0.4, -0.2) is 53.6 Å². The normalized spacial score (nSPS) is 20.2. The van der Waals surface area contributed by atoms with Crippen molar-refractivity contribution in [3.05, 3.63) is 28.4 Å². The van der Waals surface area contributed by atoms with Gasteiger partial charge in [-0.3, -0.25) is 14.9 Å². The molecule has 132 valence electrons. The molecule has 1 aliphatic rings. The second-order valence-corrected chi connectivity index (χ2v) is 6.51. The van der Waals surface area contributed by atoms with Gasteiger partial charge < -0.3 is 15.0 Å². The number of nitro groups is 1. The van der Waals surface area contributed by atoms with Crippen molar-refractivity contribution in [2.45, 2.75) is 26.4 Å². The molecule has 24 heavy (non-hydrogen) atoms. The molecule has 1 amide bonds. The van der Waals surface area contributed by atoms with Crippen molar-refractivity contribution >= 4 is 17.4 Å². The van der Waals surface area contributed by atoms with E-state index in [1.54, 1.807) is 4.90 Å². The van der Waals surface area contributed by atoms with Crippen LogP contribution < -0.4 is 5.32 Å². The molecular formula is C16H24N4O4. The van der Waals surface area contributed by atoms with Gasteiger partial charge in [0.15, 0.2) is 0 Å². The van der Waals surface area contributed by atoms with Crippen LogP contribution in [0.3, 0.4) is 0 Å². The third kappa shape index (κ3) is 4.64. The fourth-order valence-electron chi connectivity index (χ4n) is 2.86. The Morgan fingerprint density at radius 3 is 3.00 bits per heavy atom. The van der Waals surface area contributed by atoms with E-state index in [0.29, 0.717) is 25.5 Å². The van der Waals surface area contributed by atoms with Crippen LogP contribution in [0.1, 0.15) is 20.3 Å². The van der Waals surface area contributed by atoms with Gasteiger partial charge in [0.05, 0.1) is 23.6 Å². The lowest BCUT2D eigenvalue weighted by Crippen LogP contribution is -2.35. The second-order valence-electron chi connectivity index (χ2n) is 6.51. The number of pyridine rings is 1. The first-order chi connectivity index (χ1) is 11.4. The Bertz CT molecular complexity index is 593. The van der Waals surface area contributed by atoms with Crippen molar-refractivity contribution in [3.63, 3.8) is 0 Å². The lowest BCUT2D eigenvalue weighted by atomic mass is 10.0. The van der Waals surface area contributed by atoms with E-state index in [1.807, 2.05) is 7.05 Å². The first kappa shape index (κ1) is 18.1. The van der Waals surface area contributed by atoms with Gasteiger partial charge in [0.2, 0.25) is 11.7 Å². The maximum Gasteiger partial charge on any atom is 0.311 e. The number of amides is 1. The molecule has 0 bridgehead atoms. The number of nitrogens with zero attached hydrogens (tertiary/aromatic N) is 3. The van der Waals surface area contributed by atoms with Gasteiger partial charge in [-0.25, -0.2) is 4.98 Å². The van der Waals surface area contributed by atoms with E-state index in [-0.39, 0.29) is 29.4 Å². The van der Waals surface area contributed by atoms with Gasteiger partial charge in [0, 0.05) is 32.4 Å². The van der Waals surface area contributed by atoms with Crippen LogP contribution in [-0.2, 0) is 9.53 Å².